The fraction of sp³-hybridized carbons (Fsp3) is 0.615. The van der Waals surface area contributed by atoms with Gasteiger partial charge in [0.2, 0.25) is 0 Å². The van der Waals surface area contributed by atoms with Crippen LogP contribution in [-0.2, 0) is 4.79 Å². The topological polar surface area (TPSA) is 92.4 Å². The molecule has 0 bridgehead atoms. The van der Waals surface area contributed by atoms with Crippen molar-refractivity contribution in [3.8, 4) is 0 Å². The smallest absolute Gasteiger partial charge is 0.308 e. The number of nitrogens with zero attached hydrogens (tertiary/aromatic N) is 1. The molecule has 0 aromatic carbocycles. The first-order valence-electron chi connectivity index (χ1n) is 6.47. The zero-order valence-electron chi connectivity index (χ0n) is 11.1. The number of carbonyl (C=O) groups excluding carboxylic acids is 1. The van der Waals surface area contributed by atoms with Crippen molar-refractivity contribution in [3.63, 3.8) is 0 Å². The van der Waals surface area contributed by atoms with Crippen molar-refractivity contribution in [1.29, 1.82) is 0 Å². The highest BCUT2D eigenvalue weighted by molar-refractivity contribution is 5.96. The molecule has 19 heavy (non-hydrogen) atoms. The molecule has 2 N–H and O–H groups in total. The van der Waals surface area contributed by atoms with Gasteiger partial charge in [0.25, 0.3) is 5.91 Å². The summed E-state index contributed by atoms with van der Waals surface area (Å²) in [5, 5.41) is 15.7. The maximum Gasteiger partial charge on any atom is 0.308 e. The van der Waals surface area contributed by atoms with E-state index in [-0.39, 0.29) is 11.9 Å². The summed E-state index contributed by atoms with van der Waals surface area (Å²) in [4.78, 5) is 23.4. The molecule has 0 aliphatic heterocycles. The first kappa shape index (κ1) is 13.6. The monoisotopic (exact) mass is 266 g/mol. The molecule has 1 saturated carbocycles. The number of carbonyl (C=O) groups is 2. The van der Waals surface area contributed by atoms with Crippen LogP contribution in [0.2, 0.25) is 0 Å². The van der Waals surface area contributed by atoms with Crippen LogP contribution in [0, 0.1) is 19.8 Å². The largest absolute Gasteiger partial charge is 0.481 e. The number of hydrogen-bond acceptors (Lipinski definition) is 4. The SMILES string of the molecule is Cc1noc(C)c1C(=O)NC1CCCCC1C(=O)O. The Morgan fingerprint density at radius 3 is 2.58 bits per heavy atom. The van der Waals surface area contributed by atoms with Gasteiger partial charge in [-0.3, -0.25) is 9.59 Å². The van der Waals surface area contributed by atoms with Crippen molar-refractivity contribution in [2.45, 2.75) is 45.6 Å². The fourth-order valence-corrected chi connectivity index (χ4v) is 2.65. The minimum atomic E-state index is -0.844. The Bertz CT molecular complexity index is 475. The number of carboxylic acids is 1. The molecule has 2 atom stereocenters. The van der Waals surface area contributed by atoms with Crippen molar-refractivity contribution in [2.24, 2.45) is 5.92 Å². The molecule has 2 unspecified atom stereocenters. The van der Waals surface area contributed by atoms with Crippen LogP contribution in [-0.4, -0.2) is 28.2 Å². The molecule has 6 nitrogen and oxygen atoms in total. The molecule has 2 rings (SSSR count). The average Bonchev–Trinajstić information content (AvgIpc) is 2.69. The number of amides is 1. The molecular formula is C13H18N2O4. The summed E-state index contributed by atoms with van der Waals surface area (Å²) >= 11 is 0. The molecule has 6 heteroatoms. The molecule has 1 aromatic heterocycles. The van der Waals surface area contributed by atoms with Crippen molar-refractivity contribution in [3.05, 3.63) is 17.0 Å². The summed E-state index contributed by atoms with van der Waals surface area (Å²) in [6.45, 7) is 3.37. The second-order valence-corrected chi connectivity index (χ2v) is 5.01. The van der Waals surface area contributed by atoms with Crippen LogP contribution in [0.15, 0.2) is 4.52 Å². The van der Waals surface area contributed by atoms with Gasteiger partial charge >= 0.3 is 5.97 Å². The lowest BCUT2D eigenvalue weighted by atomic mass is 9.84. The quantitative estimate of drug-likeness (QED) is 0.868. The van der Waals surface area contributed by atoms with E-state index in [1.165, 1.54) is 0 Å². The number of aryl methyl sites for hydroxylation is 2. The highest BCUT2D eigenvalue weighted by atomic mass is 16.5. The van der Waals surface area contributed by atoms with Gasteiger partial charge in [0.15, 0.2) is 0 Å². The lowest BCUT2D eigenvalue weighted by molar-refractivity contribution is -0.143. The van der Waals surface area contributed by atoms with E-state index in [0.29, 0.717) is 29.9 Å². The highest BCUT2D eigenvalue weighted by Gasteiger charge is 2.32. The number of aromatic nitrogens is 1. The van der Waals surface area contributed by atoms with Crippen molar-refractivity contribution in [2.75, 3.05) is 0 Å². The summed E-state index contributed by atoms with van der Waals surface area (Å²) in [7, 11) is 0. The van der Waals surface area contributed by atoms with Crippen LogP contribution in [0.3, 0.4) is 0 Å². The fourth-order valence-electron chi connectivity index (χ4n) is 2.65. The number of aliphatic carboxylic acids is 1. The minimum absolute atomic E-state index is 0.297. The predicted octanol–water partition coefficient (Wildman–Crippen LogP) is 1.66. The summed E-state index contributed by atoms with van der Waals surface area (Å²) in [5.74, 6) is -1.19. The maximum atomic E-state index is 12.2. The van der Waals surface area contributed by atoms with E-state index < -0.39 is 11.9 Å². The second kappa shape index (κ2) is 5.42. The van der Waals surface area contributed by atoms with Crippen molar-refractivity contribution >= 4 is 11.9 Å². The lowest BCUT2D eigenvalue weighted by Crippen LogP contribution is -2.45. The van der Waals surface area contributed by atoms with Crippen LogP contribution in [0.1, 0.15) is 47.5 Å². The van der Waals surface area contributed by atoms with E-state index in [0.717, 1.165) is 12.8 Å². The van der Waals surface area contributed by atoms with E-state index in [1.54, 1.807) is 13.8 Å². The van der Waals surface area contributed by atoms with Gasteiger partial charge in [-0.15, -0.1) is 0 Å². The molecular weight excluding hydrogens is 248 g/mol. The molecule has 1 heterocycles. The number of nitrogens with one attached hydrogen (secondary N) is 1. The first-order chi connectivity index (χ1) is 9.00. The van der Waals surface area contributed by atoms with Crippen molar-refractivity contribution < 1.29 is 19.2 Å². The number of carboxylic acid groups (broad SMARTS) is 1. The molecule has 1 amide bonds. The highest BCUT2D eigenvalue weighted by Crippen LogP contribution is 2.25. The summed E-state index contributed by atoms with van der Waals surface area (Å²) in [6.07, 6.45) is 3.15. The zero-order valence-corrected chi connectivity index (χ0v) is 11.1. The Morgan fingerprint density at radius 1 is 1.32 bits per heavy atom. The molecule has 0 saturated heterocycles. The standard InChI is InChI=1S/C13H18N2O4/c1-7-11(8(2)19-15-7)12(16)14-10-6-4-3-5-9(10)13(17)18/h9-10H,3-6H2,1-2H3,(H,14,16)(H,17,18). The third-order valence-corrected chi connectivity index (χ3v) is 3.66. The van der Waals surface area contributed by atoms with Gasteiger partial charge in [-0.25, -0.2) is 0 Å². The van der Waals surface area contributed by atoms with E-state index >= 15 is 0 Å². The minimum Gasteiger partial charge on any atom is -0.481 e. The van der Waals surface area contributed by atoms with E-state index in [2.05, 4.69) is 10.5 Å². The molecule has 1 fully saturated rings. The van der Waals surface area contributed by atoms with Gasteiger partial charge in [0.1, 0.15) is 11.3 Å². The van der Waals surface area contributed by atoms with Gasteiger partial charge < -0.3 is 14.9 Å². The Balaban J connectivity index is 2.11. The molecule has 1 aliphatic carbocycles. The molecule has 0 spiro atoms. The van der Waals surface area contributed by atoms with E-state index in [4.69, 9.17) is 4.52 Å². The van der Waals surface area contributed by atoms with E-state index in [1.807, 2.05) is 0 Å². The maximum absolute atomic E-state index is 12.2. The van der Waals surface area contributed by atoms with Crippen LogP contribution in [0.25, 0.3) is 0 Å². The van der Waals surface area contributed by atoms with Gasteiger partial charge in [0, 0.05) is 6.04 Å². The van der Waals surface area contributed by atoms with Crippen LogP contribution in [0.5, 0.6) is 0 Å². The Kier molecular flexibility index (Phi) is 3.87. The van der Waals surface area contributed by atoms with Crippen LogP contribution < -0.4 is 5.32 Å². The van der Waals surface area contributed by atoms with Crippen molar-refractivity contribution in [1.82, 2.24) is 10.5 Å². The van der Waals surface area contributed by atoms with Crippen LogP contribution in [0.4, 0.5) is 0 Å². The third-order valence-electron chi connectivity index (χ3n) is 3.66. The Morgan fingerprint density at radius 2 is 2.00 bits per heavy atom. The number of rotatable bonds is 3. The number of hydrogen-bond donors (Lipinski definition) is 2. The second-order valence-electron chi connectivity index (χ2n) is 5.01. The third kappa shape index (κ3) is 2.77. The van der Waals surface area contributed by atoms with Gasteiger partial charge in [-0.05, 0) is 26.7 Å². The summed E-state index contributed by atoms with van der Waals surface area (Å²) < 4.78 is 4.95. The first-order valence-corrected chi connectivity index (χ1v) is 6.47. The normalized spacial score (nSPS) is 23.1. The average molecular weight is 266 g/mol. The van der Waals surface area contributed by atoms with Gasteiger partial charge in [-0.1, -0.05) is 18.0 Å². The lowest BCUT2D eigenvalue weighted by Gasteiger charge is -2.29. The molecule has 1 aliphatic rings. The predicted molar refractivity (Wildman–Crippen MR) is 66.8 cm³/mol. The molecule has 104 valence electrons. The Labute approximate surface area is 111 Å². The summed E-state index contributed by atoms with van der Waals surface area (Å²) in [5.41, 5.74) is 0.937. The van der Waals surface area contributed by atoms with Gasteiger partial charge in [-0.2, -0.15) is 0 Å². The van der Waals surface area contributed by atoms with Gasteiger partial charge in [0.05, 0.1) is 11.6 Å². The van der Waals surface area contributed by atoms with E-state index in [9.17, 15) is 14.7 Å². The summed E-state index contributed by atoms with van der Waals surface area (Å²) in [6, 6.07) is -0.313. The molecule has 1 aromatic rings. The van der Waals surface area contributed by atoms with Crippen LogP contribution >= 0.6 is 0 Å². The Hall–Kier alpha value is -1.85. The molecule has 0 radical (unpaired) electrons. The zero-order chi connectivity index (χ0) is 14.0.